The van der Waals surface area contributed by atoms with E-state index in [1.54, 1.807) is 24.1 Å². The molecule has 0 aliphatic rings. The number of carbonyl (C=O) groups excluding carboxylic acids is 2. The number of likely N-dealkylation sites (N-methyl/N-ethyl adjacent to an activating group) is 1. The van der Waals surface area contributed by atoms with E-state index >= 15 is 0 Å². The maximum atomic E-state index is 12.6. The Hall–Kier alpha value is -2.66. The summed E-state index contributed by atoms with van der Waals surface area (Å²) < 4.78 is 0. The molecule has 132 valence electrons. The Morgan fingerprint density at radius 1 is 1.04 bits per heavy atom. The molecule has 2 aromatic rings. The third-order valence-corrected chi connectivity index (χ3v) is 4.32. The average Bonchev–Trinajstić information content (AvgIpc) is 2.67. The minimum Gasteiger partial charge on any atom is -0.345 e. The van der Waals surface area contributed by atoms with Crippen molar-refractivity contribution in [3.63, 3.8) is 0 Å². The van der Waals surface area contributed by atoms with Crippen molar-refractivity contribution < 1.29 is 9.59 Å². The second-order valence-corrected chi connectivity index (χ2v) is 6.10. The third kappa shape index (κ3) is 5.16. The maximum Gasteiger partial charge on any atom is 0.251 e. The van der Waals surface area contributed by atoms with Gasteiger partial charge in [0.2, 0.25) is 5.91 Å². The lowest BCUT2D eigenvalue weighted by molar-refractivity contribution is -0.132. The van der Waals surface area contributed by atoms with E-state index in [1.807, 2.05) is 55.5 Å². The standard InChI is InChI=1S/C20H25N3O2/c1-15(14-21)23(2)19(24)13-18(16-9-5-3-6-10-16)22-20(25)17-11-7-4-8-12-17/h3-12,15,18H,13-14,21H2,1-2H3,(H,22,25). The predicted octanol–water partition coefficient (Wildman–Crippen LogP) is 2.35. The zero-order valence-corrected chi connectivity index (χ0v) is 14.7. The minimum atomic E-state index is -0.395. The van der Waals surface area contributed by atoms with Crippen LogP contribution in [0.1, 0.15) is 35.3 Å². The van der Waals surface area contributed by atoms with E-state index in [-0.39, 0.29) is 24.3 Å². The molecule has 0 heterocycles. The number of amides is 2. The molecule has 0 aliphatic heterocycles. The number of benzene rings is 2. The Balaban J connectivity index is 2.17. The molecule has 0 spiro atoms. The highest BCUT2D eigenvalue weighted by Crippen LogP contribution is 2.19. The molecule has 2 amide bonds. The molecular formula is C20H25N3O2. The monoisotopic (exact) mass is 339 g/mol. The van der Waals surface area contributed by atoms with Crippen LogP contribution in [-0.2, 0) is 4.79 Å². The van der Waals surface area contributed by atoms with E-state index in [4.69, 9.17) is 5.73 Å². The van der Waals surface area contributed by atoms with Gasteiger partial charge in [-0.05, 0) is 24.6 Å². The van der Waals surface area contributed by atoms with E-state index in [0.29, 0.717) is 12.1 Å². The molecular weight excluding hydrogens is 314 g/mol. The average molecular weight is 339 g/mol. The van der Waals surface area contributed by atoms with Gasteiger partial charge < -0.3 is 16.0 Å². The first kappa shape index (κ1) is 18.7. The van der Waals surface area contributed by atoms with Gasteiger partial charge >= 0.3 is 0 Å². The fourth-order valence-corrected chi connectivity index (χ4v) is 2.49. The summed E-state index contributed by atoms with van der Waals surface area (Å²) >= 11 is 0. The van der Waals surface area contributed by atoms with Gasteiger partial charge in [-0.1, -0.05) is 48.5 Å². The van der Waals surface area contributed by atoms with Gasteiger partial charge in [0.15, 0.2) is 0 Å². The van der Waals surface area contributed by atoms with Gasteiger partial charge in [0, 0.05) is 25.2 Å². The normalized spacial score (nSPS) is 12.9. The third-order valence-electron chi connectivity index (χ3n) is 4.32. The number of nitrogens with two attached hydrogens (primary N) is 1. The second-order valence-electron chi connectivity index (χ2n) is 6.10. The van der Waals surface area contributed by atoms with Gasteiger partial charge in [-0.15, -0.1) is 0 Å². The fraction of sp³-hybridized carbons (Fsp3) is 0.300. The van der Waals surface area contributed by atoms with Crippen LogP contribution in [0.4, 0.5) is 0 Å². The number of nitrogens with zero attached hydrogens (tertiary/aromatic N) is 1. The molecule has 0 bridgehead atoms. The van der Waals surface area contributed by atoms with Crippen LogP contribution in [0.3, 0.4) is 0 Å². The van der Waals surface area contributed by atoms with Gasteiger partial charge in [-0.25, -0.2) is 0 Å². The minimum absolute atomic E-state index is 0.0475. The van der Waals surface area contributed by atoms with Gasteiger partial charge in [0.25, 0.3) is 5.91 Å². The van der Waals surface area contributed by atoms with Crippen molar-refractivity contribution in [2.24, 2.45) is 5.73 Å². The molecule has 2 aromatic carbocycles. The molecule has 0 saturated heterocycles. The molecule has 0 aliphatic carbocycles. The first-order chi connectivity index (χ1) is 12.0. The van der Waals surface area contributed by atoms with Gasteiger partial charge in [-0.2, -0.15) is 0 Å². The molecule has 2 unspecified atom stereocenters. The highest BCUT2D eigenvalue weighted by molar-refractivity contribution is 5.94. The summed E-state index contributed by atoms with van der Waals surface area (Å²) in [6.07, 6.45) is 0.184. The van der Waals surface area contributed by atoms with Crippen molar-refractivity contribution in [2.45, 2.75) is 25.4 Å². The summed E-state index contributed by atoms with van der Waals surface area (Å²) in [5.74, 6) is -0.253. The lowest BCUT2D eigenvalue weighted by Crippen LogP contribution is -2.41. The molecule has 5 nitrogen and oxygen atoms in total. The lowest BCUT2D eigenvalue weighted by Gasteiger charge is -2.27. The Kier molecular flexibility index (Phi) is 6.71. The number of nitrogens with one attached hydrogen (secondary N) is 1. The molecule has 25 heavy (non-hydrogen) atoms. The number of rotatable bonds is 7. The quantitative estimate of drug-likeness (QED) is 0.813. The Morgan fingerprint density at radius 3 is 2.16 bits per heavy atom. The van der Waals surface area contributed by atoms with Gasteiger partial charge in [0.1, 0.15) is 0 Å². The largest absolute Gasteiger partial charge is 0.345 e. The highest BCUT2D eigenvalue weighted by atomic mass is 16.2. The number of carbonyl (C=O) groups is 2. The van der Waals surface area contributed by atoms with E-state index in [0.717, 1.165) is 5.56 Å². The predicted molar refractivity (Wildman–Crippen MR) is 99.0 cm³/mol. The molecule has 2 rings (SSSR count). The van der Waals surface area contributed by atoms with Crippen molar-refractivity contribution >= 4 is 11.8 Å². The maximum absolute atomic E-state index is 12.6. The molecule has 2 atom stereocenters. The van der Waals surface area contributed by atoms with E-state index in [1.165, 1.54) is 0 Å². The van der Waals surface area contributed by atoms with Crippen molar-refractivity contribution in [2.75, 3.05) is 13.6 Å². The van der Waals surface area contributed by atoms with Crippen LogP contribution >= 0.6 is 0 Å². The van der Waals surface area contributed by atoms with Crippen LogP contribution in [-0.4, -0.2) is 36.3 Å². The van der Waals surface area contributed by atoms with Gasteiger partial charge in [0.05, 0.1) is 12.5 Å². The summed E-state index contributed by atoms with van der Waals surface area (Å²) in [4.78, 5) is 26.7. The zero-order valence-electron chi connectivity index (χ0n) is 14.7. The molecule has 3 N–H and O–H groups in total. The Morgan fingerprint density at radius 2 is 1.60 bits per heavy atom. The molecule has 0 fully saturated rings. The van der Waals surface area contributed by atoms with Crippen LogP contribution < -0.4 is 11.1 Å². The van der Waals surface area contributed by atoms with Crippen molar-refractivity contribution in [1.29, 1.82) is 0 Å². The van der Waals surface area contributed by atoms with Crippen molar-refractivity contribution in [1.82, 2.24) is 10.2 Å². The van der Waals surface area contributed by atoms with Crippen LogP contribution in [0.2, 0.25) is 0 Å². The SMILES string of the molecule is CC(CN)N(C)C(=O)CC(NC(=O)c1ccccc1)c1ccccc1. The topological polar surface area (TPSA) is 75.4 Å². The fourth-order valence-electron chi connectivity index (χ4n) is 2.49. The summed E-state index contributed by atoms with van der Waals surface area (Å²) in [5, 5.41) is 2.97. The van der Waals surface area contributed by atoms with E-state index in [9.17, 15) is 9.59 Å². The zero-order chi connectivity index (χ0) is 18.2. The Bertz CT molecular complexity index is 689. The van der Waals surface area contributed by atoms with E-state index < -0.39 is 6.04 Å². The van der Waals surface area contributed by atoms with Crippen molar-refractivity contribution in [3.8, 4) is 0 Å². The van der Waals surface area contributed by atoms with Crippen molar-refractivity contribution in [3.05, 3.63) is 71.8 Å². The molecule has 0 saturated carbocycles. The van der Waals surface area contributed by atoms with Gasteiger partial charge in [-0.3, -0.25) is 9.59 Å². The van der Waals surface area contributed by atoms with Crippen LogP contribution in [0.5, 0.6) is 0 Å². The lowest BCUT2D eigenvalue weighted by atomic mass is 10.0. The summed E-state index contributed by atoms with van der Waals surface area (Å²) in [6.45, 7) is 2.30. The van der Waals surface area contributed by atoms with Crippen LogP contribution in [0.15, 0.2) is 60.7 Å². The summed E-state index contributed by atoms with van der Waals surface area (Å²) in [7, 11) is 1.74. The first-order valence-corrected chi connectivity index (χ1v) is 8.39. The first-order valence-electron chi connectivity index (χ1n) is 8.39. The Labute approximate surface area is 148 Å². The second kappa shape index (κ2) is 8.99. The smallest absolute Gasteiger partial charge is 0.251 e. The summed E-state index contributed by atoms with van der Waals surface area (Å²) in [6, 6.07) is 18.1. The number of hydrogen-bond acceptors (Lipinski definition) is 3. The van der Waals surface area contributed by atoms with Crippen LogP contribution in [0, 0.1) is 0 Å². The van der Waals surface area contributed by atoms with Crippen LogP contribution in [0.25, 0.3) is 0 Å². The molecule has 0 radical (unpaired) electrons. The van der Waals surface area contributed by atoms with E-state index in [2.05, 4.69) is 5.32 Å². The molecule has 5 heteroatoms. The molecule has 0 aromatic heterocycles. The highest BCUT2D eigenvalue weighted by Gasteiger charge is 2.22. The summed E-state index contributed by atoms with van der Waals surface area (Å²) in [5.41, 5.74) is 7.11. The number of hydrogen-bond donors (Lipinski definition) is 2.